The van der Waals surface area contributed by atoms with Crippen LogP contribution in [0.25, 0.3) is 10.9 Å². The van der Waals surface area contributed by atoms with Gasteiger partial charge in [0.05, 0.1) is 22.1 Å². The van der Waals surface area contributed by atoms with E-state index in [4.69, 9.17) is 16.6 Å². The van der Waals surface area contributed by atoms with E-state index in [2.05, 4.69) is 21.0 Å². The van der Waals surface area contributed by atoms with Gasteiger partial charge in [0.25, 0.3) is 5.56 Å². The lowest BCUT2D eigenvalue weighted by Crippen LogP contribution is -2.25. The Morgan fingerprint density at radius 3 is 2.71 bits per heavy atom. The van der Waals surface area contributed by atoms with Gasteiger partial charge < -0.3 is 5.11 Å². The maximum atomic E-state index is 13.2. The second-order valence-electron chi connectivity index (χ2n) is 7.04. The molecule has 0 atom stereocenters. The van der Waals surface area contributed by atoms with Gasteiger partial charge in [0.2, 0.25) is 0 Å². The summed E-state index contributed by atoms with van der Waals surface area (Å²) < 4.78 is 2.25. The van der Waals surface area contributed by atoms with Crippen molar-refractivity contribution in [1.82, 2.24) is 9.66 Å². The lowest BCUT2D eigenvalue weighted by Gasteiger charge is -2.22. The molecule has 0 saturated heterocycles. The highest BCUT2D eigenvalue weighted by atomic mass is 79.9. The summed E-state index contributed by atoms with van der Waals surface area (Å²) in [5.41, 5.74) is 1.19. The number of benzene rings is 2. The van der Waals surface area contributed by atoms with E-state index in [9.17, 15) is 9.90 Å². The Bertz CT molecular complexity index is 1120. The minimum absolute atomic E-state index is 0.0103. The Kier molecular flexibility index (Phi) is 5.51. The third-order valence-electron chi connectivity index (χ3n) is 5.10. The summed E-state index contributed by atoms with van der Waals surface area (Å²) in [7, 11) is 0. The van der Waals surface area contributed by atoms with Crippen molar-refractivity contribution < 1.29 is 5.11 Å². The average molecular weight is 461 g/mol. The van der Waals surface area contributed by atoms with Crippen molar-refractivity contribution in [1.29, 1.82) is 0 Å². The minimum atomic E-state index is -0.187. The van der Waals surface area contributed by atoms with Crippen molar-refractivity contribution in [2.24, 2.45) is 5.10 Å². The number of hydrogen-bond acceptors (Lipinski definition) is 4. The van der Waals surface area contributed by atoms with Crippen LogP contribution in [0.15, 0.2) is 50.8 Å². The van der Waals surface area contributed by atoms with Crippen LogP contribution < -0.4 is 5.56 Å². The lowest BCUT2D eigenvalue weighted by atomic mass is 9.88. The Morgan fingerprint density at radius 1 is 1.18 bits per heavy atom. The lowest BCUT2D eigenvalue weighted by molar-refractivity contribution is 0.416. The van der Waals surface area contributed by atoms with E-state index in [1.165, 1.54) is 17.2 Å². The molecule has 1 saturated carbocycles. The van der Waals surface area contributed by atoms with Gasteiger partial charge in [-0.15, -0.1) is 0 Å². The second-order valence-corrected chi connectivity index (χ2v) is 8.36. The Hall–Kier alpha value is -2.18. The van der Waals surface area contributed by atoms with Gasteiger partial charge in [0.15, 0.2) is 0 Å². The van der Waals surface area contributed by atoms with Gasteiger partial charge in [0.1, 0.15) is 11.6 Å². The van der Waals surface area contributed by atoms with Gasteiger partial charge in [-0.1, -0.05) is 46.8 Å². The monoisotopic (exact) mass is 459 g/mol. The molecule has 1 fully saturated rings. The molecule has 0 spiro atoms. The number of hydrogen-bond donors (Lipinski definition) is 1. The normalized spacial score (nSPS) is 15.5. The van der Waals surface area contributed by atoms with Crippen LogP contribution in [-0.4, -0.2) is 21.0 Å². The minimum Gasteiger partial charge on any atom is -0.506 e. The van der Waals surface area contributed by atoms with Crippen molar-refractivity contribution >= 4 is 44.6 Å². The average Bonchev–Trinajstić information content (AvgIpc) is 2.71. The quantitative estimate of drug-likeness (QED) is 0.529. The molecular formula is C21H19BrClN3O2. The number of phenolic OH excluding ortho intramolecular Hbond substituents is 1. The first-order valence-corrected chi connectivity index (χ1v) is 10.4. The predicted octanol–water partition coefficient (Wildman–Crippen LogP) is 5.45. The first-order valence-electron chi connectivity index (χ1n) is 9.28. The van der Waals surface area contributed by atoms with Crippen LogP contribution in [0.1, 0.15) is 49.4 Å². The van der Waals surface area contributed by atoms with Crippen LogP contribution in [0.4, 0.5) is 0 Å². The maximum absolute atomic E-state index is 13.2. The van der Waals surface area contributed by atoms with Gasteiger partial charge in [-0.05, 0) is 54.8 Å². The molecule has 1 aromatic heterocycles. The van der Waals surface area contributed by atoms with Gasteiger partial charge in [-0.2, -0.15) is 9.78 Å². The number of aromatic nitrogens is 2. The number of fused-ring (bicyclic) bond motifs is 1. The fraction of sp³-hybridized carbons (Fsp3) is 0.286. The summed E-state index contributed by atoms with van der Waals surface area (Å²) in [4.78, 5) is 18.0. The van der Waals surface area contributed by atoms with Crippen molar-refractivity contribution in [3.05, 3.63) is 67.6 Å². The summed E-state index contributed by atoms with van der Waals surface area (Å²) >= 11 is 9.40. The summed E-state index contributed by atoms with van der Waals surface area (Å²) in [6.45, 7) is 0. The zero-order valence-electron chi connectivity index (χ0n) is 15.1. The molecule has 1 aliphatic rings. The molecule has 0 amide bonds. The molecule has 144 valence electrons. The van der Waals surface area contributed by atoms with E-state index in [1.807, 2.05) is 12.1 Å². The summed E-state index contributed by atoms with van der Waals surface area (Å²) in [6, 6.07) is 10.3. The second kappa shape index (κ2) is 8.05. The molecule has 5 nitrogen and oxygen atoms in total. The molecule has 3 aromatic rings. The number of phenols is 1. The fourth-order valence-electron chi connectivity index (χ4n) is 3.63. The van der Waals surface area contributed by atoms with Crippen molar-refractivity contribution in [2.75, 3.05) is 0 Å². The molecule has 4 rings (SSSR count). The van der Waals surface area contributed by atoms with E-state index in [0.717, 1.165) is 30.2 Å². The molecule has 2 aromatic carbocycles. The SMILES string of the molecule is O=c1c2cc(Br)ccc2nc(C2CCCCC2)n1N=Cc1ccc(O)c(Cl)c1. The largest absolute Gasteiger partial charge is 0.506 e. The molecule has 28 heavy (non-hydrogen) atoms. The predicted molar refractivity (Wildman–Crippen MR) is 116 cm³/mol. The van der Waals surface area contributed by atoms with Gasteiger partial charge in [-0.3, -0.25) is 4.79 Å². The van der Waals surface area contributed by atoms with Crippen LogP contribution >= 0.6 is 27.5 Å². The van der Waals surface area contributed by atoms with E-state index >= 15 is 0 Å². The molecular weight excluding hydrogens is 442 g/mol. The Morgan fingerprint density at radius 2 is 1.96 bits per heavy atom. The van der Waals surface area contributed by atoms with Crippen LogP contribution in [0.2, 0.25) is 5.02 Å². The first kappa shape index (κ1) is 19.2. The van der Waals surface area contributed by atoms with E-state index < -0.39 is 0 Å². The molecule has 1 heterocycles. The highest BCUT2D eigenvalue weighted by Crippen LogP contribution is 2.32. The van der Waals surface area contributed by atoms with E-state index in [1.54, 1.807) is 24.4 Å². The molecule has 0 bridgehead atoms. The molecule has 1 N–H and O–H groups in total. The zero-order chi connectivity index (χ0) is 19.7. The maximum Gasteiger partial charge on any atom is 0.282 e. The van der Waals surface area contributed by atoms with Gasteiger partial charge in [0, 0.05) is 10.4 Å². The van der Waals surface area contributed by atoms with Gasteiger partial charge >= 0.3 is 0 Å². The fourth-order valence-corrected chi connectivity index (χ4v) is 4.18. The Labute approximate surface area is 175 Å². The van der Waals surface area contributed by atoms with Gasteiger partial charge in [-0.25, -0.2) is 4.98 Å². The molecule has 1 aliphatic carbocycles. The number of halogens is 2. The number of nitrogens with zero attached hydrogens (tertiary/aromatic N) is 3. The standard InChI is InChI=1S/C21H19BrClN3O2/c22-15-7-8-18-16(11-15)21(28)26(20(25-18)14-4-2-1-3-5-14)24-12-13-6-9-19(27)17(23)10-13/h6-12,14,27H,1-5H2. The topological polar surface area (TPSA) is 67.5 Å². The van der Waals surface area contributed by atoms with Crippen LogP contribution in [-0.2, 0) is 0 Å². The highest BCUT2D eigenvalue weighted by molar-refractivity contribution is 9.10. The molecule has 0 aliphatic heterocycles. The summed E-state index contributed by atoms with van der Waals surface area (Å²) in [5.74, 6) is 0.937. The third-order valence-corrected chi connectivity index (χ3v) is 5.89. The Balaban J connectivity index is 1.85. The van der Waals surface area contributed by atoms with E-state index in [-0.39, 0.29) is 22.2 Å². The smallest absolute Gasteiger partial charge is 0.282 e. The van der Waals surface area contributed by atoms with Crippen molar-refractivity contribution in [3.8, 4) is 5.75 Å². The summed E-state index contributed by atoms with van der Waals surface area (Å²) in [6.07, 6.45) is 7.08. The number of rotatable bonds is 3. The third kappa shape index (κ3) is 3.84. The van der Waals surface area contributed by atoms with Crippen molar-refractivity contribution in [2.45, 2.75) is 38.0 Å². The van der Waals surface area contributed by atoms with Crippen molar-refractivity contribution in [3.63, 3.8) is 0 Å². The highest BCUT2D eigenvalue weighted by Gasteiger charge is 2.22. The summed E-state index contributed by atoms with van der Waals surface area (Å²) in [5, 5.41) is 14.8. The van der Waals surface area contributed by atoms with E-state index in [0.29, 0.717) is 22.3 Å². The first-order chi connectivity index (χ1) is 13.5. The zero-order valence-corrected chi connectivity index (χ0v) is 17.4. The molecule has 7 heteroatoms. The molecule has 0 unspecified atom stereocenters. The van der Waals surface area contributed by atoms with Crippen LogP contribution in [0, 0.1) is 0 Å². The molecule has 0 radical (unpaired) electrons. The number of aromatic hydroxyl groups is 1. The van der Waals surface area contributed by atoms with Crippen LogP contribution in [0.3, 0.4) is 0 Å². The van der Waals surface area contributed by atoms with Crippen LogP contribution in [0.5, 0.6) is 5.75 Å².